The molecule has 0 aromatic heterocycles. The number of anilines is 1. The van der Waals surface area contributed by atoms with Crippen LogP contribution in [0, 0.1) is 0 Å². The number of rotatable bonds is 2. The lowest BCUT2D eigenvalue weighted by Gasteiger charge is -2.16. The summed E-state index contributed by atoms with van der Waals surface area (Å²) in [6.07, 6.45) is 1.76. The minimum absolute atomic E-state index is 0.218. The second-order valence-electron chi connectivity index (χ2n) is 4.67. The maximum absolute atomic E-state index is 12.7. The van der Waals surface area contributed by atoms with E-state index >= 15 is 0 Å². The third kappa shape index (κ3) is 3.57. The van der Waals surface area contributed by atoms with Crippen LogP contribution in [-0.4, -0.2) is 10.2 Å². The number of thioether (sulfide) groups is 1. The van der Waals surface area contributed by atoms with Gasteiger partial charge in [0.25, 0.3) is 5.91 Å². The van der Waals surface area contributed by atoms with Crippen molar-refractivity contribution >= 4 is 80.8 Å². The third-order valence-corrected chi connectivity index (χ3v) is 5.17. The molecular formula is C16H8Cl3NOS2. The number of amides is 1. The van der Waals surface area contributed by atoms with Gasteiger partial charge in [0, 0.05) is 10.0 Å². The van der Waals surface area contributed by atoms with Crippen molar-refractivity contribution in [3.05, 3.63) is 68.0 Å². The van der Waals surface area contributed by atoms with Gasteiger partial charge in [-0.15, -0.1) is 0 Å². The standard InChI is InChI=1S/C16H8Cl3NOS2/c17-10-3-1-2-9(6-10)7-14-15(21)20(16(22)23-14)13-5-4-11(18)8-12(13)19/h1-8H. The van der Waals surface area contributed by atoms with Gasteiger partial charge >= 0.3 is 0 Å². The monoisotopic (exact) mass is 399 g/mol. The highest BCUT2D eigenvalue weighted by molar-refractivity contribution is 8.27. The summed E-state index contributed by atoms with van der Waals surface area (Å²) in [7, 11) is 0. The molecule has 0 unspecified atom stereocenters. The average Bonchev–Trinajstić information content (AvgIpc) is 2.74. The largest absolute Gasteiger partial charge is 0.270 e. The van der Waals surface area contributed by atoms with Gasteiger partial charge in [-0.3, -0.25) is 9.69 Å². The molecule has 3 rings (SSSR count). The molecule has 0 saturated carbocycles. The first kappa shape index (κ1) is 16.8. The Morgan fingerprint density at radius 3 is 2.48 bits per heavy atom. The first-order valence-corrected chi connectivity index (χ1v) is 8.80. The molecule has 0 aliphatic carbocycles. The van der Waals surface area contributed by atoms with Crippen molar-refractivity contribution in [3.8, 4) is 0 Å². The minimum Gasteiger partial charge on any atom is -0.268 e. The quantitative estimate of drug-likeness (QED) is 0.452. The first-order chi connectivity index (χ1) is 11.0. The Balaban J connectivity index is 1.97. The molecule has 0 N–H and O–H groups in total. The molecule has 1 amide bonds. The van der Waals surface area contributed by atoms with Crippen LogP contribution < -0.4 is 4.90 Å². The van der Waals surface area contributed by atoms with Gasteiger partial charge in [-0.05, 0) is 42.0 Å². The average molecular weight is 401 g/mol. The van der Waals surface area contributed by atoms with Crippen molar-refractivity contribution in [3.63, 3.8) is 0 Å². The summed E-state index contributed by atoms with van der Waals surface area (Å²) in [6, 6.07) is 12.2. The van der Waals surface area contributed by atoms with Crippen LogP contribution in [0.25, 0.3) is 6.08 Å². The zero-order valence-electron chi connectivity index (χ0n) is 11.4. The van der Waals surface area contributed by atoms with Crippen molar-refractivity contribution in [2.45, 2.75) is 0 Å². The number of carbonyl (C=O) groups excluding carboxylic acids is 1. The predicted octanol–water partition coefficient (Wildman–Crippen LogP) is 6.05. The van der Waals surface area contributed by atoms with E-state index < -0.39 is 0 Å². The molecule has 0 atom stereocenters. The lowest BCUT2D eigenvalue weighted by molar-refractivity contribution is -0.113. The summed E-state index contributed by atoms with van der Waals surface area (Å²) in [4.78, 5) is 14.6. The van der Waals surface area contributed by atoms with Gasteiger partial charge in [0.15, 0.2) is 4.32 Å². The van der Waals surface area contributed by atoms with Gasteiger partial charge in [-0.2, -0.15) is 0 Å². The van der Waals surface area contributed by atoms with Crippen molar-refractivity contribution in [2.75, 3.05) is 4.90 Å². The van der Waals surface area contributed by atoms with Crippen LogP contribution >= 0.6 is 58.8 Å². The molecule has 1 fully saturated rings. The zero-order chi connectivity index (χ0) is 16.6. The van der Waals surface area contributed by atoms with E-state index in [9.17, 15) is 4.79 Å². The van der Waals surface area contributed by atoms with Gasteiger partial charge in [0.2, 0.25) is 0 Å². The van der Waals surface area contributed by atoms with E-state index in [0.29, 0.717) is 30.0 Å². The van der Waals surface area contributed by atoms with E-state index in [1.807, 2.05) is 12.1 Å². The second kappa shape index (κ2) is 6.83. The SMILES string of the molecule is O=C1C(=Cc2cccc(Cl)c2)SC(=S)N1c1ccc(Cl)cc1Cl. The molecule has 1 saturated heterocycles. The third-order valence-electron chi connectivity index (χ3n) is 3.09. The maximum Gasteiger partial charge on any atom is 0.270 e. The summed E-state index contributed by atoms with van der Waals surface area (Å²) >= 11 is 24.6. The Bertz CT molecular complexity index is 851. The Labute approximate surface area is 158 Å². The molecule has 0 radical (unpaired) electrons. The van der Waals surface area contributed by atoms with E-state index in [0.717, 1.165) is 5.56 Å². The first-order valence-electron chi connectivity index (χ1n) is 6.44. The molecule has 1 aliphatic heterocycles. The van der Waals surface area contributed by atoms with Gasteiger partial charge in [-0.1, -0.05) is 70.9 Å². The number of benzene rings is 2. The van der Waals surface area contributed by atoms with Gasteiger partial charge in [0.05, 0.1) is 15.6 Å². The smallest absolute Gasteiger partial charge is 0.268 e. The lowest BCUT2D eigenvalue weighted by Crippen LogP contribution is -2.27. The fourth-order valence-electron chi connectivity index (χ4n) is 2.09. The number of nitrogens with zero attached hydrogens (tertiary/aromatic N) is 1. The summed E-state index contributed by atoms with van der Waals surface area (Å²) in [5.74, 6) is -0.218. The van der Waals surface area contributed by atoms with Gasteiger partial charge < -0.3 is 0 Å². The second-order valence-corrected chi connectivity index (χ2v) is 7.62. The molecule has 7 heteroatoms. The Morgan fingerprint density at radius 2 is 1.78 bits per heavy atom. The van der Waals surface area contributed by atoms with Crippen molar-refractivity contribution in [1.29, 1.82) is 0 Å². The Kier molecular flexibility index (Phi) is 4.99. The molecule has 0 spiro atoms. The molecular weight excluding hydrogens is 393 g/mol. The fraction of sp³-hybridized carbons (Fsp3) is 0. The van der Waals surface area contributed by atoms with Crippen LogP contribution in [-0.2, 0) is 4.79 Å². The van der Waals surface area contributed by atoms with Crippen LogP contribution in [0.4, 0.5) is 5.69 Å². The molecule has 1 aliphatic rings. The van der Waals surface area contributed by atoms with Crippen LogP contribution in [0.3, 0.4) is 0 Å². The fourth-order valence-corrected chi connectivity index (χ4v) is 4.06. The predicted molar refractivity (Wildman–Crippen MR) is 104 cm³/mol. The number of hydrogen-bond donors (Lipinski definition) is 0. The van der Waals surface area contributed by atoms with Crippen molar-refractivity contribution < 1.29 is 4.79 Å². The summed E-state index contributed by atoms with van der Waals surface area (Å²) in [5.41, 5.74) is 1.35. The summed E-state index contributed by atoms with van der Waals surface area (Å²) in [5, 5.41) is 1.48. The molecule has 116 valence electrons. The highest BCUT2D eigenvalue weighted by Crippen LogP contribution is 2.39. The molecule has 1 heterocycles. The maximum atomic E-state index is 12.7. The zero-order valence-corrected chi connectivity index (χ0v) is 15.3. The minimum atomic E-state index is -0.218. The van der Waals surface area contributed by atoms with E-state index in [4.69, 9.17) is 47.0 Å². The summed E-state index contributed by atoms with van der Waals surface area (Å²) in [6.45, 7) is 0. The molecule has 2 aromatic rings. The van der Waals surface area contributed by atoms with Crippen molar-refractivity contribution in [1.82, 2.24) is 0 Å². The molecule has 2 nitrogen and oxygen atoms in total. The lowest BCUT2D eigenvalue weighted by atomic mass is 10.2. The molecule has 0 bridgehead atoms. The number of thiocarbonyl (C=S) groups is 1. The van der Waals surface area contributed by atoms with Crippen LogP contribution in [0.1, 0.15) is 5.56 Å². The van der Waals surface area contributed by atoms with Crippen LogP contribution in [0.15, 0.2) is 47.4 Å². The van der Waals surface area contributed by atoms with E-state index in [-0.39, 0.29) is 5.91 Å². The highest BCUT2D eigenvalue weighted by Gasteiger charge is 2.34. The van der Waals surface area contributed by atoms with E-state index in [2.05, 4.69) is 0 Å². The highest BCUT2D eigenvalue weighted by atomic mass is 35.5. The summed E-state index contributed by atoms with van der Waals surface area (Å²) < 4.78 is 0.424. The number of carbonyl (C=O) groups is 1. The Morgan fingerprint density at radius 1 is 1.04 bits per heavy atom. The number of hydrogen-bond acceptors (Lipinski definition) is 3. The van der Waals surface area contributed by atoms with Gasteiger partial charge in [-0.25, -0.2) is 0 Å². The number of halogens is 3. The van der Waals surface area contributed by atoms with Crippen molar-refractivity contribution in [2.24, 2.45) is 0 Å². The van der Waals surface area contributed by atoms with Gasteiger partial charge in [0.1, 0.15) is 0 Å². The van der Waals surface area contributed by atoms with Crippen LogP contribution in [0.5, 0.6) is 0 Å². The Hall–Kier alpha value is -1.04. The van der Waals surface area contributed by atoms with Crippen LogP contribution in [0.2, 0.25) is 15.1 Å². The van der Waals surface area contributed by atoms with E-state index in [1.54, 1.807) is 36.4 Å². The molecule has 23 heavy (non-hydrogen) atoms. The normalized spacial score (nSPS) is 16.5. The van der Waals surface area contributed by atoms with E-state index in [1.165, 1.54) is 16.7 Å². The topological polar surface area (TPSA) is 20.3 Å². The molecule has 2 aromatic carbocycles.